The fraction of sp³-hybridized carbons (Fsp3) is 0.261. The van der Waals surface area contributed by atoms with Crippen molar-refractivity contribution in [2.24, 2.45) is 0 Å². The molecule has 0 atom stereocenters. The summed E-state index contributed by atoms with van der Waals surface area (Å²) in [6, 6.07) is 10.8. The van der Waals surface area contributed by atoms with Crippen molar-refractivity contribution in [3.05, 3.63) is 69.5 Å². The quantitative estimate of drug-likeness (QED) is 0.615. The summed E-state index contributed by atoms with van der Waals surface area (Å²) in [7, 11) is 0. The first-order chi connectivity index (χ1) is 12.3. The number of rotatable bonds is 2. The highest BCUT2D eigenvalue weighted by molar-refractivity contribution is 5.76. The maximum absolute atomic E-state index is 9.73. The fourth-order valence-electron chi connectivity index (χ4n) is 3.91. The molecule has 0 saturated carbocycles. The van der Waals surface area contributed by atoms with Gasteiger partial charge >= 0.3 is 0 Å². The zero-order valence-electron chi connectivity index (χ0n) is 16.2. The maximum atomic E-state index is 9.73. The number of aryl methyl sites for hydroxylation is 6. The third kappa shape index (κ3) is 3.11. The molecule has 3 rings (SSSR count). The molecule has 1 aromatic heterocycles. The molecule has 0 fully saturated rings. The summed E-state index contributed by atoms with van der Waals surface area (Å²) in [5.74, 6) is 0.614. The van der Waals surface area contributed by atoms with E-state index >= 15 is 0 Å². The van der Waals surface area contributed by atoms with Gasteiger partial charge in [-0.25, -0.2) is 9.97 Å². The molecule has 0 aliphatic rings. The molecule has 0 aliphatic carbocycles. The average molecular weight is 341 g/mol. The highest BCUT2D eigenvalue weighted by atomic mass is 14.9. The largest absolute Gasteiger partial charge is 0.236 e. The van der Waals surface area contributed by atoms with Crippen molar-refractivity contribution in [2.45, 2.75) is 41.5 Å². The number of hydrogen-bond acceptors (Lipinski definition) is 3. The van der Waals surface area contributed by atoms with Crippen LogP contribution in [0.3, 0.4) is 0 Å². The van der Waals surface area contributed by atoms with E-state index < -0.39 is 0 Å². The lowest BCUT2D eigenvalue weighted by Gasteiger charge is -2.14. The topological polar surface area (TPSA) is 49.6 Å². The van der Waals surface area contributed by atoms with E-state index in [2.05, 4.69) is 81.8 Å². The van der Waals surface area contributed by atoms with Gasteiger partial charge in [0.1, 0.15) is 6.07 Å². The van der Waals surface area contributed by atoms with Crippen LogP contribution in [0.1, 0.15) is 39.1 Å². The minimum absolute atomic E-state index is 0.421. The summed E-state index contributed by atoms with van der Waals surface area (Å²) in [4.78, 5) is 9.25. The van der Waals surface area contributed by atoms with Gasteiger partial charge in [0.25, 0.3) is 0 Å². The molecule has 0 spiro atoms. The number of hydrogen-bond donors (Lipinski definition) is 0. The Hall–Kier alpha value is -2.99. The van der Waals surface area contributed by atoms with E-state index in [1.807, 2.05) is 0 Å². The summed E-state index contributed by atoms with van der Waals surface area (Å²) < 4.78 is 0. The summed E-state index contributed by atoms with van der Waals surface area (Å²) in [6.07, 6.45) is 1.80. The molecule has 0 unspecified atom stereocenters. The molecule has 1 heterocycles. The van der Waals surface area contributed by atoms with E-state index in [1.54, 1.807) is 6.20 Å². The van der Waals surface area contributed by atoms with Gasteiger partial charge in [0.05, 0.1) is 0 Å². The third-order valence-electron chi connectivity index (χ3n) is 4.74. The lowest BCUT2D eigenvalue weighted by molar-refractivity contribution is 1.13. The average Bonchev–Trinajstić information content (AvgIpc) is 2.53. The molecule has 130 valence electrons. The van der Waals surface area contributed by atoms with Crippen LogP contribution in [0.25, 0.3) is 22.5 Å². The number of benzene rings is 2. The van der Waals surface area contributed by atoms with Crippen LogP contribution >= 0.6 is 0 Å². The molecule has 3 nitrogen and oxygen atoms in total. The van der Waals surface area contributed by atoms with Gasteiger partial charge in [0, 0.05) is 17.3 Å². The maximum Gasteiger partial charge on any atom is 0.161 e. The van der Waals surface area contributed by atoms with Crippen LogP contribution in [0, 0.1) is 52.9 Å². The zero-order chi connectivity index (χ0) is 19.0. The highest BCUT2D eigenvalue weighted by Crippen LogP contribution is 2.32. The molecule has 0 N–H and O–H groups in total. The highest BCUT2D eigenvalue weighted by Gasteiger charge is 2.16. The minimum atomic E-state index is 0.421. The van der Waals surface area contributed by atoms with Crippen molar-refractivity contribution >= 4 is 0 Å². The molecule has 3 heteroatoms. The Kier molecular flexibility index (Phi) is 4.61. The van der Waals surface area contributed by atoms with Crippen molar-refractivity contribution < 1.29 is 0 Å². The smallest absolute Gasteiger partial charge is 0.161 e. The second-order valence-corrected chi connectivity index (χ2v) is 7.12. The van der Waals surface area contributed by atoms with Gasteiger partial charge in [0.2, 0.25) is 0 Å². The summed E-state index contributed by atoms with van der Waals surface area (Å²) in [5, 5.41) is 9.73. The van der Waals surface area contributed by atoms with Gasteiger partial charge in [-0.05, 0) is 69.4 Å². The molecule has 3 aromatic rings. The molecule has 0 radical (unpaired) electrons. The molecule has 0 amide bonds. The summed E-state index contributed by atoms with van der Waals surface area (Å²) >= 11 is 0. The summed E-state index contributed by atoms with van der Waals surface area (Å²) in [6.45, 7) is 12.4. The molecular weight excluding hydrogens is 318 g/mol. The van der Waals surface area contributed by atoms with Crippen LogP contribution in [-0.4, -0.2) is 9.97 Å². The molecule has 0 bridgehead atoms. The second kappa shape index (κ2) is 6.72. The molecule has 0 saturated heterocycles. The predicted molar refractivity (Wildman–Crippen MR) is 106 cm³/mol. The first-order valence-electron chi connectivity index (χ1n) is 8.75. The van der Waals surface area contributed by atoms with Crippen molar-refractivity contribution in [1.29, 1.82) is 5.26 Å². The van der Waals surface area contributed by atoms with Gasteiger partial charge in [-0.1, -0.05) is 35.4 Å². The van der Waals surface area contributed by atoms with Gasteiger partial charge < -0.3 is 0 Å². The monoisotopic (exact) mass is 341 g/mol. The standard InChI is InChI=1S/C23H23N3/c1-13-7-15(3)21(16(4)8-13)19-12-25-23(26-20(19)11-24)22-17(5)9-14(2)10-18(22)6/h7-10,12H,1-6H3. The Morgan fingerprint density at radius 3 is 1.65 bits per heavy atom. The molecule has 0 aliphatic heterocycles. The van der Waals surface area contributed by atoms with Gasteiger partial charge in [-0.2, -0.15) is 5.26 Å². The minimum Gasteiger partial charge on any atom is -0.236 e. The Morgan fingerprint density at radius 1 is 0.731 bits per heavy atom. The van der Waals surface area contributed by atoms with Crippen LogP contribution in [0.4, 0.5) is 0 Å². The first-order valence-corrected chi connectivity index (χ1v) is 8.75. The van der Waals surface area contributed by atoms with Crippen LogP contribution in [0.2, 0.25) is 0 Å². The van der Waals surface area contributed by atoms with Crippen LogP contribution < -0.4 is 0 Å². The van der Waals surface area contributed by atoms with E-state index in [0.717, 1.165) is 38.9 Å². The fourth-order valence-corrected chi connectivity index (χ4v) is 3.91. The Balaban J connectivity index is 2.22. The Bertz CT molecular complexity index is 1010. The molecule has 2 aromatic carbocycles. The molecular formula is C23H23N3. The van der Waals surface area contributed by atoms with Crippen LogP contribution in [0.15, 0.2) is 30.5 Å². The van der Waals surface area contributed by atoms with Crippen molar-refractivity contribution in [2.75, 3.05) is 0 Å². The Labute approximate surface area is 155 Å². The zero-order valence-corrected chi connectivity index (χ0v) is 16.2. The van der Waals surface area contributed by atoms with Crippen LogP contribution in [0.5, 0.6) is 0 Å². The van der Waals surface area contributed by atoms with Gasteiger partial charge in [-0.15, -0.1) is 0 Å². The third-order valence-corrected chi connectivity index (χ3v) is 4.74. The van der Waals surface area contributed by atoms with E-state index in [1.165, 1.54) is 11.1 Å². The summed E-state index contributed by atoms with van der Waals surface area (Å²) in [5.41, 5.74) is 10.2. The van der Waals surface area contributed by atoms with Gasteiger partial charge in [-0.3, -0.25) is 0 Å². The SMILES string of the molecule is Cc1cc(C)c(-c2ncc(-c3c(C)cc(C)cc3C)c(C#N)n2)c(C)c1. The van der Waals surface area contributed by atoms with Gasteiger partial charge in [0.15, 0.2) is 11.5 Å². The van der Waals surface area contributed by atoms with Crippen LogP contribution in [-0.2, 0) is 0 Å². The lowest BCUT2D eigenvalue weighted by Crippen LogP contribution is -2.01. The predicted octanol–water partition coefficient (Wildman–Crippen LogP) is 5.53. The van der Waals surface area contributed by atoms with E-state index in [4.69, 9.17) is 0 Å². The normalized spacial score (nSPS) is 10.7. The van der Waals surface area contributed by atoms with E-state index in [-0.39, 0.29) is 0 Å². The number of aromatic nitrogens is 2. The van der Waals surface area contributed by atoms with Crippen molar-refractivity contribution in [1.82, 2.24) is 9.97 Å². The second-order valence-electron chi connectivity index (χ2n) is 7.12. The number of nitriles is 1. The number of nitrogens with zero attached hydrogens (tertiary/aromatic N) is 3. The Morgan fingerprint density at radius 2 is 1.19 bits per heavy atom. The van der Waals surface area contributed by atoms with Crippen molar-refractivity contribution in [3.63, 3.8) is 0 Å². The first kappa shape index (κ1) is 17.8. The van der Waals surface area contributed by atoms with E-state index in [0.29, 0.717) is 11.5 Å². The van der Waals surface area contributed by atoms with Crippen molar-refractivity contribution in [3.8, 4) is 28.6 Å². The lowest BCUT2D eigenvalue weighted by atomic mass is 9.93. The molecule has 26 heavy (non-hydrogen) atoms. The van der Waals surface area contributed by atoms with E-state index in [9.17, 15) is 5.26 Å².